The Kier molecular flexibility index (Phi) is 4.24. The highest BCUT2D eigenvalue weighted by atomic mass is 79.9. The molecular weight excluding hydrogens is 364 g/mol. The molecule has 2 aromatic heterocycles. The Labute approximate surface area is 140 Å². The van der Waals surface area contributed by atoms with E-state index >= 15 is 0 Å². The van der Waals surface area contributed by atoms with Crippen molar-refractivity contribution in [3.8, 4) is 0 Å². The molecule has 0 aliphatic heterocycles. The molecule has 1 aromatic carbocycles. The summed E-state index contributed by atoms with van der Waals surface area (Å²) in [7, 11) is 0. The third-order valence-corrected chi connectivity index (χ3v) is 3.78. The Morgan fingerprint density at radius 3 is 2.96 bits per heavy atom. The molecule has 0 aliphatic rings. The number of benzene rings is 1. The predicted octanol–water partition coefficient (Wildman–Crippen LogP) is 3.61. The molecule has 3 rings (SSSR count). The molecule has 0 unspecified atom stereocenters. The van der Waals surface area contributed by atoms with Gasteiger partial charge in [0.25, 0.3) is 5.71 Å². The van der Waals surface area contributed by atoms with Crippen LogP contribution in [0.5, 0.6) is 0 Å². The van der Waals surface area contributed by atoms with Gasteiger partial charge in [0.05, 0.1) is 12.3 Å². The topological polar surface area (TPSA) is 90.1 Å². The van der Waals surface area contributed by atoms with Gasteiger partial charge in [0, 0.05) is 4.47 Å². The van der Waals surface area contributed by atoms with Crippen LogP contribution in [0, 0.1) is 6.92 Å². The van der Waals surface area contributed by atoms with E-state index in [1.54, 1.807) is 6.92 Å². The number of nitrogens with zero attached hydrogens (tertiary/aromatic N) is 3. The van der Waals surface area contributed by atoms with Crippen molar-refractivity contribution in [1.29, 1.82) is 0 Å². The zero-order valence-electron chi connectivity index (χ0n) is 12.5. The number of rotatable bonds is 4. The van der Waals surface area contributed by atoms with Gasteiger partial charge in [-0.3, -0.25) is 0 Å². The lowest BCUT2D eigenvalue weighted by molar-refractivity contribution is 0.0517. The van der Waals surface area contributed by atoms with Crippen LogP contribution in [-0.4, -0.2) is 27.7 Å². The van der Waals surface area contributed by atoms with E-state index in [2.05, 4.69) is 36.4 Å². The first-order valence-electron chi connectivity index (χ1n) is 6.90. The molecule has 0 fully saturated rings. The maximum absolute atomic E-state index is 12.0. The van der Waals surface area contributed by atoms with Crippen molar-refractivity contribution in [2.75, 3.05) is 11.9 Å². The molecule has 0 bridgehead atoms. The first-order valence-corrected chi connectivity index (χ1v) is 7.70. The van der Waals surface area contributed by atoms with Crippen molar-refractivity contribution in [1.82, 2.24) is 15.1 Å². The fraction of sp³-hybridized carbons (Fsp3) is 0.200. The Morgan fingerprint density at radius 2 is 2.22 bits per heavy atom. The summed E-state index contributed by atoms with van der Waals surface area (Å²) < 4.78 is 10.9. The summed E-state index contributed by atoms with van der Waals surface area (Å²) in [5.41, 5.74) is 2.18. The van der Waals surface area contributed by atoms with Crippen molar-refractivity contribution in [3.05, 3.63) is 40.3 Å². The largest absolute Gasteiger partial charge is 0.461 e. The van der Waals surface area contributed by atoms with Gasteiger partial charge in [-0.2, -0.15) is 4.98 Å². The second kappa shape index (κ2) is 6.33. The summed E-state index contributed by atoms with van der Waals surface area (Å²) in [5.74, 6) is -0.157. The van der Waals surface area contributed by atoms with Crippen molar-refractivity contribution in [2.24, 2.45) is 0 Å². The minimum absolute atomic E-state index is 0.0492. The van der Waals surface area contributed by atoms with Gasteiger partial charge in [-0.25, -0.2) is 9.78 Å². The average Bonchev–Trinajstić information content (AvgIpc) is 2.95. The number of ether oxygens (including phenoxy) is 1. The van der Waals surface area contributed by atoms with Gasteiger partial charge in [0.1, 0.15) is 17.5 Å². The second-order valence-corrected chi connectivity index (χ2v) is 5.62. The van der Waals surface area contributed by atoms with Crippen molar-refractivity contribution in [2.45, 2.75) is 13.8 Å². The molecule has 0 saturated heterocycles. The standard InChI is InChI=1S/C15H13BrN4O3/c1-3-22-15(21)12-11-13(17-7-18-14(11)23-20-12)19-10-5-4-8(2)6-9(10)16/h4-7H,3H2,1-2H3,(H,17,18,19). The van der Waals surface area contributed by atoms with E-state index in [4.69, 9.17) is 9.26 Å². The first kappa shape index (κ1) is 15.4. The van der Waals surface area contributed by atoms with Crippen LogP contribution >= 0.6 is 15.9 Å². The predicted molar refractivity (Wildman–Crippen MR) is 87.7 cm³/mol. The van der Waals surface area contributed by atoms with E-state index < -0.39 is 5.97 Å². The summed E-state index contributed by atoms with van der Waals surface area (Å²) in [4.78, 5) is 20.2. The summed E-state index contributed by atoms with van der Waals surface area (Å²) in [6, 6.07) is 5.84. The fourth-order valence-electron chi connectivity index (χ4n) is 2.07. The van der Waals surface area contributed by atoms with E-state index in [1.807, 2.05) is 25.1 Å². The number of halogens is 1. The molecule has 118 valence electrons. The van der Waals surface area contributed by atoms with E-state index in [9.17, 15) is 4.79 Å². The zero-order chi connectivity index (χ0) is 16.4. The van der Waals surface area contributed by atoms with Gasteiger partial charge in [-0.15, -0.1) is 0 Å². The smallest absolute Gasteiger partial charge is 0.361 e. The third-order valence-electron chi connectivity index (χ3n) is 3.12. The molecule has 2 heterocycles. The summed E-state index contributed by atoms with van der Waals surface area (Å²) in [5, 5.41) is 7.30. The summed E-state index contributed by atoms with van der Waals surface area (Å²) in [6.45, 7) is 3.96. The molecule has 7 nitrogen and oxygen atoms in total. The number of aromatic nitrogens is 3. The number of nitrogens with one attached hydrogen (secondary N) is 1. The fourth-order valence-corrected chi connectivity index (χ4v) is 2.66. The van der Waals surface area contributed by atoms with E-state index in [0.717, 1.165) is 15.7 Å². The lowest BCUT2D eigenvalue weighted by Crippen LogP contribution is -2.06. The van der Waals surface area contributed by atoms with E-state index in [0.29, 0.717) is 11.2 Å². The number of hydrogen-bond donors (Lipinski definition) is 1. The SMILES string of the molecule is CCOC(=O)c1noc2ncnc(Nc3ccc(C)cc3Br)c12. The summed E-state index contributed by atoms with van der Waals surface area (Å²) in [6.07, 6.45) is 1.34. The molecule has 8 heteroatoms. The van der Waals surface area contributed by atoms with Crippen LogP contribution in [0.2, 0.25) is 0 Å². The molecule has 3 aromatic rings. The second-order valence-electron chi connectivity index (χ2n) is 4.76. The highest BCUT2D eigenvalue weighted by Gasteiger charge is 2.22. The first-order chi connectivity index (χ1) is 11.1. The van der Waals surface area contributed by atoms with Crippen molar-refractivity contribution in [3.63, 3.8) is 0 Å². The zero-order valence-corrected chi connectivity index (χ0v) is 14.0. The normalized spacial score (nSPS) is 10.7. The van der Waals surface area contributed by atoms with Gasteiger partial charge in [-0.05, 0) is 47.5 Å². The van der Waals surface area contributed by atoms with Crippen LogP contribution in [0.4, 0.5) is 11.5 Å². The Bertz CT molecular complexity index is 878. The van der Waals surface area contributed by atoms with Gasteiger partial charge in [0.2, 0.25) is 5.69 Å². The minimum atomic E-state index is -0.577. The van der Waals surface area contributed by atoms with Crippen LogP contribution in [0.1, 0.15) is 23.0 Å². The Morgan fingerprint density at radius 1 is 1.39 bits per heavy atom. The number of esters is 1. The molecule has 0 amide bonds. The molecular formula is C15H13BrN4O3. The van der Waals surface area contributed by atoms with Crippen molar-refractivity contribution >= 4 is 44.5 Å². The number of carbonyl (C=O) groups is 1. The maximum Gasteiger partial charge on any atom is 0.361 e. The molecule has 23 heavy (non-hydrogen) atoms. The van der Waals surface area contributed by atoms with Crippen molar-refractivity contribution < 1.29 is 14.1 Å². The maximum atomic E-state index is 12.0. The molecule has 0 atom stereocenters. The lowest BCUT2D eigenvalue weighted by atomic mass is 10.2. The Balaban J connectivity index is 2.06. The minimum Gasteiger partial charge on any atom is -0.461 e. The Hall–Kier alpha value is -2.48. The molecule has 0 saturated carbocycles. The average molecular weight is 377 g/mol. The van der Waals surface area contributed by atoms with E-state index in [1.165, 1.54) is 6.33 Å². The quantitative estimate of drug-likeness (QED) is 0.695. The van der Waals surface area contributed by atoms with Crippen LogP contribution in [-0.2, 0) is 4.74 Å². The van der Waals surface area contributed by atoms with Gasteiger partial charge in [-0.1, -0.05) is 11.2 Å². The monoisotopic (exact) mass is 376 g/mol. The van der Waals surface area contributed by atoms with Crippen LogP contribution in [0.3, 0.4) is 0 Å². The number of hydrogen-bond acceptors (Lipinski definition) is 7. The third kappa shape index (κ3) is 3.02. The molecule has 0 radical (unpaired) electrons. The lowest BCUT2D eigenvalue weighted by Gasteiger charge is -2.09. The molecule has 0 aliphatic carbocycles. The van der Waals surface area contributed by atoms with Gasteiger partial charge in [0.15, 0.2) is 0 Å². The van der Waals surface area contributed by atoms with Gasteiger partial charge < -0.3 is 14.6 Å². The van der Waals surface area contributed by atoms with Crippen LogP contribution in [0.25, 0.3) is 11.1 Å². The van der Waals surface area contributed by atoms with Crippen LogP contribution in [0.15, 0.2) is 33.5 Å². The number of fused-ring (bicyclic) bond motifs is 1. The number of anilines is 2. The summed E-state index contributed by atoms with van der Waals surface area (Å²) >= 11 is 3.50. The highest BCUT2D eigenvalue weighted by Crippen LogP contribution is 2.30. The molecule has 0 spiro atoms. The number of aryl methyl sites for hydroxylation is 1. The van der Waals surface area contributed by atoms with E-state index in [-0.39, 0.29) is 18.0 Å². The van der Waals surface area contributed by atoms with Gasteiger partial charge >= 0.3 is 5.97 Å². The highest BCUT2D eigenvalue weighted by molar-refractivity contribution is 9.10. The van der Waals surface area contributed by atoms with Crippen LogP contribution < -0.4 is 5.32 Å². The molecule has 1 N–H and O–H groups in total. The number of carbonyl (C=O) groups excluding carboxylic acids is 1.